The van der Waals surface area contributed by atoms with Gasteiger partial charge in [-0.05, 0) is 55.3 Å². The average molecular weight is 533 g/mol. The van der Waals surface area contributed by atoms with Gasteiger partial charge in [-0.15, -0.1) is 0 Å². The fourth-order valence-corrected chi connectivity index (χ4v) is 5.88. The quantitative estimate of drug-likeness (QED) is 0.552. The highest BCUT2D eigenvalue weighted by Crippen LogP contribution is 2.41. The molecule has 0 aromatic heterocycles. The first-order valence-corrected chi connectivity index (χ1v) is 13.3. The molecule has 0 bridgehead atoms. The number of methoxy groups -OCH3 is 1. The number of ether oxygens (including phenoxy) is 2. The van der Waals surface area contributed by atoms with Crippen LogP contribution in [0.3, 0.4) is 0 Å². The molecular weight excluding hydrogens is 497 g/mol. The van der Waals surface area contributed by atoms with Gasteiger partial charge in [-0.25, -0.2) is 0 Å². The van der Waals surface area contributed by atoms with E-state index in [0.717, 1.165) is 62.5 Å². The van der Waals surface area contributed by atoms with Gasteiger partial charge in [-0.3, -0.25) is 9.69 Å². The monoisotopic (exact) mass is 532 g/mol. The van der Waals surface area contributed by atoms with Crippen molar-refractivity contribution in [2.75, 3.05) is 75.9 Å². The Hall–Kier alpha value is -2.98. The molecule has 38 heavy (non-hydrogen) atoms. The van der Waals surface area contributed by atoms with Crippen LogP contribution in [0.5, 0.6) is 5.75 Å². The molecule has 10 heteroatoms. The number of benzene rings is 2. The molecule has 2 saturated heterocycles. The van der Waals surface area contributed by atoms with Crippen LogP contribution in [0.4, 0.5) is 24.5 Å². The van der Waals surface area contributed by atoms with E-state index in [9.17, 15) is 18.0 Å². The number of anilines is 2. The maximum Gasteiger partial charge on any atom is 0.416 e. The van der Waals surface area contributed by atoms with Crippen molar-refractivity contribution in [3.63, 3.8) is 0 Å². The lowest BCUT2D eigenvalue weighted by molar-refractivity contribution is -0.137. The van der Waals surface area contributed by atoms with Crippen LogP contribution in [-0.2, 0) is 22.1 Å². The van der Waals surface area contributed by atoms with E-state index in [-0.39, 0.29) is 18.4 Å². The third-order valence-corrected chi connectivity index (χ3v) is 7.86. The Morgan fingerprint density at radius 2 is 1.87 bits per heavy atom. The minimum Gasteiger partial charge on any atom is -0.495 e. The highest BCUT2D eigenvalue weighted by molar-refractivity contribution is 5.82. The van der Waals surface area contributed by atoms with E-state index in [1.54, 1.807) is 13.2 Å². The molecule has 2 fully saturated rings. The van der Waals surface area contributed by atoms with E-state index in [1.165, 1.54) is 6.07 Å². The molecule has 0 saturated carbocycles. The number of alkyl halides is 3. The van der Waals surface area contributed by atoms with Crippen LogP contribution >= 0.6 is 0 Å². The standard InChI is InChI=1S/C28H35F3N4O3/c1-37-26-6-3-2-5-24(26)34-11-12-35-23-8-7-21(28(29,30)31)17-20(23)18-22(25(35)19-34)27(36)32-9-4-10-33-13-15-38-16-14-33/h2-3,5-8,17,22,25H,4,9-16,18-19H2,1H3,(H,32,36). The molecule has 0 spiro atoms. The Balaban J connectivity index is 1.35. The number of nitrogens with zero attached hydrogens (tertiary/aromatic N) is 3. The van der Waals surface area contributed by atoms with Crippen molar-refractivity contribution in [2.45, 2.75) is 25.1 Å². The van der Waals surface area contributed by atoms with Crippen molar-refractivity contribution in [3.8, 4) is 5.75 Å². The van der Waals surface area contributed by atoms with Gasteiger partial charge in [0.1, 0.15) is 5.75 Å². The number of carbonyl (C=O) groups excluding carboxylic acids is 1. The highest BCUT2D eigenvalue weighted by atomic mass is 19.4. The molecule has 1 amide bonds. The fraction of sp³-hybridized carbons (Fsp3) is 0.536. The van der Waals surface area contributed by atoms with E-state index in [1.807, 2.05) is 24.3 Å². The summed E-state index contributed by atoms with van der Waals surface area (Å²) in [7, 11) is 1.64. The Labute approximate surface area is 221 Å². The Morgan fingerprint density at radius 3 is 2.63 bits per heavy atom. The summed E-state index contributed by atoms with van der Waals surface area (Å²) >= 11 is 0. The van der Waals surface area contributed by atoms with E-state index < -0.39 is 17.7 Å². The topological polar surface area (TPSA) is 57.3 Å². The van der Waals surface area contributed by atoms with E-state index in [2.05, 4.69) is 20.0 Å². The molecule has 5 rings (SSSR count). The molecular formula is C28H35F3N4O3. The third kappa shape index (κ3) is 5.71. The van der Waals surface area contributed by atoms with E-state index in [4.69, 9.17) is 9.47 Å². The van der Waals surface area contributed by atoms with Crippen LogP contribution in [0.15, 0.2) is 42.5 Å². The molecule has 7 nitrogen and oxygen atoms in total. The van der Waals surface area contributed by atoms with Crippen molar-refractivity contribution >= 4 is 17.3 Å². The number of hydrogen-bond acceptors (Lipinski definition) is 6. The zero-order valence-corrected chi connectivity index (χ0v) is 21.7. The lowest BCUT2D eigenvalue weighted by Crippen LogP contribution is -2.61. The lowest BCUT2D eigenvalue weighted by Gasteiger charge is -2.49. The molecule has 3 heterocycles. The van der Waals surface area contributed by atoms with Gasteiger partial charge in [0.15, 0.2) is 0 Å². The van der Waals surface area contributed by atoms with Gasteiger partial charge in [0.25, 0.3) is 0 Å². The van der Waals surface area contributed by atoms with Crippen LogP contribution < -0.4 is 19.9 Å². The summed E-state index contributed by atoms with van der Waals surface area (Å²) < 4.78 is 51.4. The number of nitrogens with one attached hydrogen (secondary N) is 1. The summed E-state index contributed by atoms with van der Waals surface area (Å²) in [5, 5.41) is 3.09. The maximum absolute atomic E-state index is 13.5. The Bertz CT molecular complexity index is 1120. The van der Waals surface area contributed by atoms with Crippen LogP contribution in [0.2, 0.25) is 0 Å². The van der Waals surface area contributed by atoms with Crippen LogP contribution in [0, 0.1) is 5.92 Å². The summed E-state index contributed by atoms with van der Waals surface area (Å²) in [5.41, 5.74) is 1.65. The normalized spacial score (nSPS) is 22.0. The first-order valence-electron chi connectivity index (χ1n) is 13.3. The molecule has 0 aliphatic carbocycles. The molecule has 2 atom stereocenters. The van der Waals surface area contributed by atoms with Gasteiger partial charge in [0.2, 0.25) is 5.91 Å². The van der Waals surface area contributed by atoms with Gasteiger partial charge in [-0.1, -0.05) is 12.1 Å². The zero-order chi connectivity index (χ0) is 26.7. The van der Waals surface area contributed by atoms with Crippen LogP contribution in [0.1, 0.15) is 17.5 Å². The number of para-hydroxylation sites is 2. The van der Waals surface area contributed by atoms with Crippen molar-refractivity contribution in [3.05, 3.63) is 53.6 Å². The summed E-state index contributed by atoms with van der Waals surface area (Å²) in [6, 6.07) is 11.6. The first-order chi connectivity index (χ1) is 18.3. The van der Waals surface area contributed by atoms with Crippen molar-refractivity contribution in [1.29, 1.82) is 0 Å². The highest BCUT2D eigenvalue weighted by Gasteiger charge is 2.43. The van der Waals surface area contributed by atoms with E-state index >= 15 is 0 Å². The summed E-state index contributed by atoms with van der Waals surface area (Å²) in [6.45, 7) is 6.51. The van der Waals surface area contributed by atoms with E-state index in [0.29, 0.717) is 31.7 Å². The van der Waals surface area contributed by atoms with Crippen molar-refractivity contribution in [1.82, 2.24) is 10.2 Å². The lowest BCUT2D eigenvalue weighted by atomic mass is 9.82. The Kier molecular flexibility index (Phi) is 7.99. The number of carbonyl (C=O) groups is 1. The minimum absolute atomic E-state index is 0.105. The second kappa shape index (κ2) is 11.4. The predicted octanol–water partition coefficient (Wildman–Crippen LogP) is 3.42. The number of fused-ring (bicyclic) bond motifs is 3. The summed E-state index contributed by atoms with van der Waals surface area (Å²) in [5.74, 6) is 0.190. The van der Waals surface area contributed by atoms with Crippen LogP contribution in [0.25, 0.3) is 0 Å². The smallest absolute Gasteiger partial charge is 0.416 e. The number of amides is 1. The van der Waals surface area contributed by atoms with Gasteiger partial charge >= 0.3 is 6.18 Å². The van der Waals surface area contributed by atoms with Gasteiger partial charge in [-0.2, -0.15) is 13.2 Å². The Morgan fingerprint density at radius 1 is 1.08 bits per heavy atom. The van der Waals surface area contributed by atoms with Crippen molar-refractivity contribution in [2.24, 2.45) is 5.92 Å². The fourth-order valence-electron chi connectivity index (χ4n) is 5.88. The molecule has 0 radical (unpaired) electrons. The molecule has 2 aromatic rings. The third-order valence-electron chi connectivity index (χ3n) is 7.86. The second-order valence-corrected chi connectivity index (χ2v) is 10.1. The molecule has 2 unspecified atom stereocenters. The number of hydrogen-bond donors (Lipinski definition) is 1. The van der Waals surface area contributed by atoms with Crippen molar-refractivity contribution < 1.29 is 27.4 Å². The summed E-state index contributed by atoms with van der Waals surface area (Å²) in [4.78, 5) is 20.2. The summed E-state index contributed by atoms with van der Waals surface area (Å²) in [6.07, 6.45) is -3.34. The van der Waals surface area contributed by atoms with Gasteiger partial charge in [0.05, 0.1) is 43.5 Å². The van der Waals surface area contributed by atoms with Crippen LogP contribution in [-0.4, -0.2) is 83.0 Å². The zero-order valence-electron chi connectivity index (χ0n) is 21.7. The van der Waals surface area contributed by atoms with Gasteiger partial charge < -0.3 is 24.6 Å². The number of morpholine rings is 1. The molecule has 1 N–H and O–H groups in total. The predicted molar refractivity (Wildman–Crippen MR) is 140 cm³/mol. The number of piperazine rings is 1. The first kappa shape index (κ1) is 26.6. The maximum atomic E-state index is 13.5. The second-order valence-electron chi connectivity index (χ2n) is 10.1. The molecule has 2 aromatic carbocycles. The number of halogens is 3. The average Bonchev–Trinajstić information content (AvgIpc) is 2.94. The largest absolute Gasteiger partial charge is 0.495 e. The minimum atomic E-state index is -4.42. The number of rotatable bonds is 7. The molecule has 3 aliphatic heterocycles. The SMILES string of the molecule is COc1ccccc1N1CCN2c3ccc(C(F)(F)F)cc3CC(C(=O)NCCCN3CCOCC3)C2C1. The van der Waals surface area contributed by atoms with Gasteiger partial charge in [0, 0.05) is 45.0 Å². The molecule has 3 aliphatic rings. The molecule has 206 valence electrons.